The first-order valence-electron chi connectivity index (χ1n) is 6.08. The molecule has 2 aromatic rings. The molecule has 0 spiro atoms. The van der Waals surface area contributed by atoms with Crippen molar-refractivity contribution >= 4 is 17.3 Å². The molecule has 102 valence electrons. The van der Waals surface area contributed by atoms with Gasteiger partial charge < -0.3 is 14.6 Å². The number of anilines is 1. The number of aryl methyl sites for hydroxylation is 1. The van der Waals surface area contributed by atoms with Crippen molar-refractivity contribution < 1.29 is 9.26 Å². The van der Waals surface area contributed by atoms with E-state index in [1.54, 1.807) is 7.11 Å². The van der Waals surface area contributed by atoms with E-state index in [0.717, 1.165) is 18.5 Å². The van der Waals surface area contributed by atoms with Gasteiger partial charge in [0.05, 0.1) is 6.54 Å². The van der Waals surface area contributed by atoms with Gasteiger partial charge in [-0.05, 0) is 30.7 Å². The van der Waals surface area contributed by atoms with Crippen molar-refractivity contribution in [2.45, 2.75) is 19.4 Å². The van der Waals surface area contributed by atoms with Crippen LogP contribution >= 0.6 is 11.6 Å². The number of nitrogens with one attached hydrogen (secondary N) is 1. The quantitative estimate of drug-likeness (QED) is 0.791. The van der Waals surface area contributed by atoms with Crippen LogP contribution in [0, 0.1) is 0 Å². The number of hydrogen-bond donors (Lipinski definition) is 1. The highest BCUT2D eigenvalue weighted by atomic mass is 35.5. The van der Waals surface area contributed by atoms with Crippen molar-refractivity contribution in [1.82, 2.24) is 10.1 Å². The Hall–Kier alpha value is -1.59. The van der Waals surface area contributed by atoms with Crippen molar-refractivity contribution in [2.24, 2.45) is 0 Å². The van der Waals surface area contributed by atoms with Crippen LogP contribution in [-0.4, -0.2) is 23.9 Å². The zero-order chi connectivity index (χ0) is 13.5. The largest absolute Gasteiger partial charge is 0.385 e. The zero-order valence-corrected chi connectivity index (χ0v) is 11.5. The van der Waals surface area contributed by atoms with Crippen LogP contribution in [0.2, 0.25) is 5.02 Å². The van der Waals surface area contributed by atoms with Crippen LogP contribution < -0.4 is 5.32 Å². The molecular weight excluding hydrogens is 266 g/mol. The molecule has 0 atom stereocenters. The van der Waals surface area contributed by atoms with Gasteiger partial charge >= 0.3 is 0 Å². The van der Waals surface area contributed by atoms with E-state index in [1.165, 1.54) is 0 Å². The maximum atomic E-state index is 5.81. The molecular formula is C13H16ClN3O2. The predicted molar refractivity (Wildman–Crippen MR) is 73.3 cm³/mol. The highest BCUT2D eigenvalue weighted by molar-refractivity contribution is 6.30. The van der Waals surface area contributed by atoms with Crippen LogP contribution in [0.15, 0.2) is 28.8 Å². The lowest BCUT2D eigenvalue weighted by atomic mass is 10.3. The smallest absolute Gasteiger partial charge is 0.245 e. The molecule has 0 saturated heterocycles. The number of methoxy groups -OCH3 is 1. The lowest BCUT2D eigenvalue weighted by molar-refractivity contribution is 0.194. The second-order valence-corrected chi connectivity index (χ2v) is 4.50. The minimum Gasteiger partial charge on any atom is -0.385 e. The van der Waals surface area contributed by atoms with Gasteiger partial charge in [-0.2, -0.15) is 4.98 Å². The number of benzene rings is 1. The summed E-state index contributed by atoms with van der Waals surface area (Å²) in [5.74, 6) is 1.28. The van der Waals surface area contributed by atoms with Crippen molar-refractivity contribution in [3.05, 3.63) is 41.0 Å². The molecule has 1 N–H and O–H groups in total. The lowest BCUT2D eigenvalue weighted by Gasteiger charge is -2.02. The van der Waals surface area contributed by atoms with Gasteiger partial charge in [0, 0.05) is 30.8 Å². The summed E-state index contributed by atoms with van der Waals surface area (Å²) in [5.41, 5.74) is 0.962. The molecule has 2 rings (SSSR count). The Balaban J connectivity index is 1.81. The second kappa shape index (κ2) is 7.11. The van der Waals surface area contributed by atoms with Crippen molar-refractivity contribution in [3.8, 4) is 0 Å². The molecule has 5 nitrogen and oxygen atoms in total. The van der Waals surface area contributed by atoms with Crippen molar-refractivity contribution in [1.29, 1.82) is 0 Å². The van der Waals surface area contributed by atoms with E-state index in [4.69, 9.17) is 20.9 Å². The molecule has 6 heteroatoms. The molecule has 1 aromatic heterocycles. The molecule has 0 aliphatic rings. The highest BCUT2D eigenvalue weighted by Gasteiger charge is 2.05. The van der Waals surface area contributed by atoms with Crippen LogP contribution in [0.4, 0.5) is 5.69 Å². The number of halogens is 1. The minimum atomic E-state index is 0.499. The summed E-state index contributed by atoms with van der Waals surface area (Å²) in [4.78, 5) is 4.29. The van der Waals surface area contributed by atoms with E-state index >= 15 is 0 Å². The first-order valence-corrected chi connectivity index (χ1v) is 6.45. The highest BCUT2D eigenvalue weighted by Crippen LogP contribution is 2.14. The molecule has 19 heavy (non-hydrogen) atoms. The maximum Gasteiger partial charge on any atom is 0.245 e. The van der Waals surface area contributed by atoms with Crippen LogP contribution in [0.25, 0.3) is 0 Å². The number of nitrogens with zero attached hydrogens (tertiary/aromatic N) is 2. The third-order valence-corrected chi connectivity index (χ3v) is 2.80. The van der Waals surface area contributed by atoms with Gasteiger partial charge in [0.2, 0.25) is 5.89 Å². The Kier molecular flexibility index (Phi) is 5.18. The van der Waals surface area contributed by atoms with Gasteiger partial charge in [-0.3, -0.25) is 0 Å². The Morgan fingerprint density at radius 1 is 1.32 bits per heavy atom. The maximum absolute atomic E-state index is 5.81. The summed E-state index contributed by atoms with van der Waals surface area (Å²) < 4.78 is 10.1. The van der Waals surface area contributed by atoms with Crippen LogP contribution in [-0.2, 0) is 17.7 Å². The predicted octanol–water partition coefficient (Wildman–Crippen LogP) is 2.91. The van der Waals surface area contributed by atoms with E-state index in [2.05, 4.69) is 15.5 Å². The summed E-state index contributed by atoms with van der Waals surface area (Å²) in [6, 6.07) is 7.46. The average molecular weight is 282 g/mol. The Morgan fingerprint density at radius 2 is 2.11 bits per heavy atom. The topological polar surface area (TPSA) is 60.2 Å². The zero-order valence-electron chi connectivity index (χ0n) is 10.7. The number of hydrogen-bond acceptors (Lipinski definition) is 5. The molecule has 0 radical (unpaired) electrons. The van der Waals surface area contributed by atoms with Gasteiger partial charge in [0.1, 0.15) is 0 Å². The molecule has 0 unspecified atom stereocenters. The second-order valence-electron chi connectivity index (χ2n) is 4.06. The van der Waals surface area contributed by atoms with Gasteiger partial charge in [0.25, 0.3) is 0 Å². The molecule has 0 fully saturated rings. The Labute approximate surface area is 116 Å². The summed E-state index contributed by atoms with van der Waals surface area (Å²) in [6.45, 7) is 1.20. The van der Waals surface area contributed by atoms with Gasteiger partial charge in [-0.15, -0.1) is 0 Å². The minimum absolute atomic E-state index is 0.499. The molecule has 0 aliphatic carbocycles. The Bertz CT molecular complexity index is 499. The SMILES string of the molecule is COCCCc1noc(CNc2ccc(Cl)cc2)n1. The first kappa shape index (κ1) is 13.8. The van der Waals surface area contributed by atoms with E-state index in [9.17, 15) is 0 Å². The van der Waals surface area contributed by atoms with Gasteiger partial charge in [-0.1, -0.05) is 16.8 Å². The molecule has 0 saturated carbocycles. The fraction of sp³-hybridized carbons (Fsp3) is 0.385. The number of ether oxygens (including phenoxy) is 1. The van der Waals surface area contributed by atoms with E-state index in [-0.39, 0.29) is 0 Å². The van der Waals surface area contributed by atoms with Gasteiger partial charge in [-0.25, -0.2) is 0 Å². The van der Waals surface area contributed by atoms with Crippen LogP contribution in [0.5, 0.6) is 0 Å². The standard InChI is InChI=1S/C13H16ClN3O2/c1-18-8-2-3-12-16-13(19-17-12)9-15-11-6-4-10(14)5-7-11/h4-7,15H,2-3,8-9H2,1H3. The molecule has 1 heterocycles. The van der Waals surface area contributed by atoms with Crippen molar-refractivity contribution in [2.75, 3.05) is 19.0 Å². The fourth-order valence-corrected chi connectivity index (χ4v) is 1.71. The number of rotatable bonds is 7. The number of aromatic nitrogens is 2. The molecule has 0 aliphatic heterocycles. The summed E-state index contributed by atoms with van der Waals surface area (Å²) in [7, 11) is 1.68. The van der Waals surface area contributed by atoms with Gasteiger partial charge in [0.15, 0.2) is 5.82 Å². The lowest BCUT2D eigenvalue weighted by Crippen LogP contribution is -2.00. The van der Waals surface area contributed by atoms with Crippen molar-refractivity contribution in [3.63, 3.8) is 0 Å². The average Bonchev–Trinajstić information content (AvgIpc) is 2.86. The van der Waals surface area contributed by atoms with E-state index < -0.39 is 0 Å². The normalized spacial score (nSPS) is 10.6. The summed E-state index contributed by atoms with van der Waals surface area (Å²) >= 11 is 5.81. The first-order chi connectivity index (χ1) is 9.28. The van der Waals surface area contributed by atoms with Crippen LogP contribution in [0.1, 0.15) is 18.1 Å². The third kappa shape index (κ3) is 4.54. The summed E-state index contributed by atoms with van der Waals surface area (Å²) in [6.07, 6.45) is 1.65. The summed E-state index contributed by atoms with van der Waals surface area (Å²) in [5, 5.41) is 7.81. The van der Waals surface area contributed by atoms with E-state index in [0.29, 0.717) is 29.9 Å². The van der Waals surface area contributed by atoms with Crippen LogP contribution in [0.3, 0.4) is 0 Å². The van der Waals surface area contributed by atoms with E-state index in [1.807, 2.05) is 24.3 Å². The Morgan fingerprint density at radius 3 is 2.84 bits per heavy atom. The fourth-order valence-electron chi connectivity index (χ4n) is 1.58. The third-order valence-electron chi connectivity index (χ3n) is 2.55. The monoisotopic (exact) mass is 281 g/mol. The molecule has 0 amide bonds. The molecule has 0 bridgehead atoms. The molecule has 1 aromatic carbocycles.